The number of aromatic nitrogens is 1. The number of alkyl halides is 3. The highest BCUT2D eigenvalue weighted by Crippen LogP contribution is 2.32. The van der Waals surface area contributed by atoms with E-state index in [1.807, 2.05) is 0 Å². The Morgan fingerprint density at radius 3 is 2.62 bits per heavy atom. The van der Waals surface area contributed by atoms with Crippen LogP contribution in [0.1, 0.15) is 33.4 Å². The summed E-state index contributed by atoms with van der Waals surface area (Å²) < 4.78 is 48.7. The number of ether oxygens (including phenoxy) is 1. The number of hydrogen-bond donors (Lipinski definition) is 0. The molecule has 1 aromatic carbocycles. The van der Waals surface area contributed by atoms with Crippen LogP contribution in [-0.2, 0) is 10.9 Å². The quantitative estimate of drug-likeness (QED) is 0.835. The number of carbonyl (C=O) groups is 1. The van der Waals surface area contributed by atoms with Gasteiger partial charge in [-0.05, 0) is 24.6 Å². The zero-order chi connectivity index (χ0) is 17.9. The first-order valence-corrected chi connectivity index (χ1v) is 7.10. The number of aryl methyl sites for hydroxylation is 1. The van der Waals surface area contributed by atoms with E-state index in [9.17, 15) is 18.0 Å². The zero-order valence-electron chi connectivity index (χ0n) is 13.4. The average molecular weight is 342 g/mol. The van der Waals surface area contributed by atoms with Crippen LogP contribution in [0.2, 0.25) is 0 Å². The molecule has 0 unspecified atom stereocenters. The van der Waals surface area contributed by atoms with E-state index in [4.69, 9.17) is 9.26 Å². The minimum absolute atomic E-state index is 0.0167. The number of nitrogens with zero attached hydrogens (tertiary/aromatic N) is 2. The van der Waals surface area contributed by atoms with E-state index in [-0.39, 0.29) is 12.4 Å². The third kappa shape index (κ3) is 3.94. The van der Waals surface area contributed by atoms with Crippen molar-refractivity contribution in [1.82, 2.24) is 10.1 Å². The average Bonchev–Trinajstić information content (AvgIpc) is 2.97. The molecule has 0 fully saturated rings. The lowest BCUT2D eigenvalue weighted by atomic mass is 10.0. The van der Waals surface area contributed by atoms with Crippen molar-refractivity contribution in [2.24, 2.45) is 0 Å². The number of carbonyl (C=O) groups excluding carboxylic acids is 1. The fourth-order valence-electron chi connectivity index (χ4n) is 2.29. The van der Waals surface area contributed by atoms with Gasteiger partial charge < -0.3 is 14.2 Å². The second-order valence-corrected chi connectivity index (χ2v) is 5.34. The number of hydrogen-bond acceptors (Lipinski definition) is 4. The van der Waals surface area contributed by atoms with Gasteiger partial charge in [0.05, 0.1) is 23.9 Å². The van der Waals surface area contributed by atoms with E-state index in [1.165, 1.54) is 37.3 Å². The molecular weight excluding hydrogens is 325 g/mol. The first-order chi connectivity index (χ1) is 11.2. The molecule has 8 heteroatoms. The van der Waals surface area contributed by atoms with Crippen LogP contribution >= 0.6 is 0 Å². The number of likely N-dealkylation sites (N-methyl/N-ethyl adjacent to an activating group) is 1. The van der Waals surface area contributed by atoms with Crippen molar-refractivity contribution >= 4 is 5.91 Å². The summed E-state index contributed by atoms with van der Waals surface area (Å²) in [4.78, 5) is 13.7. The predicted octanol–water partition coefficient (Wildman–Crippen LogP) is 3.46. The molecule has 0 aliphatic carbocycles. The van der Waals surface area contributed by atoms with Gasteiger partial charge in [-0.1, -0.05) is 17.3 Å². The molecular formula is C16H17F3N2O3. The summed E-state index contributed by atoms with van der Waals surface area (Å²) in [5.41, 5.74) is 0.0744. The number of halogens is 3. The van der Waals surface area contributed by atoms with Gasteiger partial charge in [0.25, 0.3) is 5.91 Å². The second kappa shape index (κ2) is 7.04. The van der Waals surface area contributed by atoms with Gasteiger partial charge in [0, 0.05) is 20.2 Å². The lowest BCUT2D eigenvalue weighted by Crippen LogP contribution is -2.33. The molecule has 0 saturated heterocycles. The first-order valence-electron chi connectivity index (χ1n) is 7.10. The Labute approximate surface area is 137 Å². The molecule has 5 nitrogen and oxygen atoms in total. The normalized spacial score (nSPS) is 12.9. The van der Waals surface area contributed by atoms with Gasteiger partial charge in [-0.3, -0.25) is 4.79 Å². The monoisotopic (exact) mass is 342 g/mol. The van der Waals surface area contributed by atoms with Crippen molar-refractivity contribution in [2.45, 2.75) is 19.1 Å². The largest absolute Gasteiger partial charge is 0.416 e. The van der Waals surface area contributed by atoms with Gasteiger partial charge >= 0.3 is 6.18 Å². The van der Waals surface area contributed by atoms with E-state index in [2.05, 4.69) is 5.16 Å². The molecule has 0 aliphatic rings. The SMILES string of the molecule is COC[C@H](c1cccc(C(F)(F)F)c1)N(C)C(=O)c1cc(C)no1. The maximum absolute atomic E-state index is 12.9. The van der Waals surface area contributed by atoms with Crippen LogP contribution in [0.3, 0.4) is 0 Å². The van der Waals surface area contributed by atoms with Crippen LogP contribution in [0.4, 0.5) is 13.2 Å². The molecule has 2 aromatic rings. The van der Waals surface area contributed by atoms with E-state index < -0.39 is 23.7 Å². The smallest absolute Gasteiger partial charge is 0.382 e. The molecule has 1 amide bonds. The van der Waals surface area contributed by atoms with Crippen LogP contribution in [0, 0.1) is 6.92 Å². The summed E-state index contributed by atoms with van der Waals surface area (Å²) in [6.07, 6.45) is -4.46. The molecule has 0 bridgehead atoms. The summed E-state index contributed by atoms with van der Waals surface area (Å²) >= 11 is 0. The Balaban J connectivity index is 2.33. The van der Waals surface area contributed by atoms with Crippen molar-refractivity contribution in [3.63, 3.8) is 0 Å². The first kappa shape index (κ1) is 18.0. The predicted molar refractivity (Wildman–Crippen MR) is 79.4 cm³/mol. The molecule has 24 heavy (non-hydrogen) atoms. The zero-order valence-corrected chi connectivity index (χ0v) is 13.4. The minimum atomic E-state index is -4.46. The maximum Gasteiger partial charge on any atom is 0.416 e. The number of methoxy groups -OCH3 is 1. The fraction of sp³-hybridized carbons (Fsp3) is 0.375. The van der Waals surface area contributed by atoms with Crippen molar-refractivity contribution in [3.05, 3.63) is 52.9 Å². The van der Waals surface area contributed by atoms with Gasteiger partial charge in [-0.15, -0.1) is 0 Å². The summed E-state index contributed by atoms with van der Waals surface area (Å²) in [5, 5.41) is 3.64. The molecule has 2 rings (SSSR count). The van der Waals surface area contributed by atoms with E-state index in [0.29, 0.717) is 11.3 Å². The van der Waals surface area contributed by atoms with Gasteiger partial charge in [0.15, 0.2) is 0 Å². The molecule has 130 valence electrons. The van der Waals surface area contributed by atoms with Gasteiger partial charge in [0.2, 0.25) is 5.76 Å². The maximum atomic E-state index is 12.9. The number of benzene rings is 1. The van der Waals surface area contributed by atoms with E-state index in [0.717, 1.165) is 12.1 Å². The molecule has 1 heterocycles. The molecule has 0 N–H and O–H groups in total. The third-order valence-electron chi connectivity index (χ3n) is 3.55. The molecule has 0 radical (unpaired) electrons. The Hall–Kier alpha value is -2.35. The Morgan fingerprint density at radius 1 is 1.38 bits per heavy atom. The summed E-state index contributed by atoms with van der Waals surface area (Å²) in [7, 11) is 2.89. The number of rotatable bonds is 5. The summed E-state index contributed by atoms with van der Waals surface area (Å²) in [6.45, 7) is 1.70. The van der Waals surface area contributed by atoms with Crippen LogP contribution in [-0.4, -0.2) is 36.7 Å². The standard InChI is InChI=1S/C16H17F3N2O3/c1-10-7-14(24-20-10)15(22)21(2)13(9-23-3)11-5-4-6-12(8-11)16(17,18)19/h4-8,13H,9H2,1-3H3/t13-/m1/s1. The summed E-state index contributed by atoms with van der Waals surface area (Å²) in [6, 6.07) is 5.59. The molecule has 1 aromatic heterocycles. The molecule has 1 atom stereocenters. The van der Waals surface area contributed by atoms with Crippen molar-refractivity contribution in [1.29, 1.82) is 0 Å². The van der Waals surface area contributed by atoms with Crippen molar-refractivity contribution < 1.29 is 27.2 Å². The third-order valence-corrected chi connectivity index (χ3v) is 3.55. The van der Waals surface area contributed by atoms with E-state index >= 15 is 0 Å². The lowest BCUT2D eigenvalue weighted by Gasteiger charge is -2.27. The highest BCUT2D eigenvalue weighted by atomic mass is 19.4. The highest BCUT2D eigenvalue weighted by Gasteiger charge is 2.32. The molecule has 0 aliphatic heterocycles. The van der Waals surface area contributed by atoms with Gasteiger partial charge in [-0.2, -0.15) is 13.2 Å². The van der Waals surface area contributed by atoms with Crippen LogP contribution in [0.5, 0.6) is 0 Å². The van der Waals surface area contributed by atoms with Crippen molar-refractivity contribution in [3.8, 4) is 0 Å². The molecule has 0 saturated carbocycles. The van der Waals surface area contributed by atoms with Crippen molar-refractivity contribution in [2.75, 3.05) is 20.8 Å². The van der Waals surface area contributed by atoms with Crippen LogP contribution in [0.15, 0.2) is 34.9 Å². The Bertz CT molecular complexity index is 713. The fourth-order valence-corrected chi connectivity index (χ4v) is 2.29. The Morgan fingerprint density at radius 2 is 2.08 bits per heavy atom. The van der Waals surface area contributed by atoms with E-state index in [1.54, 1.807) is 6.92 Å². The van der Waals surface area contributed by atoms with Crippen LogP contribution < -0.4 is 0 Å². The molecule has 0 spiro atoms. The topological polar surface area (TPSA) is 55.6 Å². The highest BCUT2D eigenvalue weighted by molar-refractivity contribution is 5.91. The Kier molecular flexibility index (Phi) is 5.28. The summed E-state index contributed by atoms with van der Waals surface area (Å²) in [5.74, 6) is -0.474. The van der Waals surface area contributed by atoms with Gasteiger partial charge in [0.1, 0.15) is 0 Å². The van der Waals surface area contributed by atoms with Crippen LogP contribution in [0.25, 0.3) is 0 Å². The lowest BCUT2D eigenvalue weighted by molar-refractivity contribution is -0.137. The second-order valence-electron chi connectivity index (χ2n) is 5.34. The van der Waals surface area contributed by atoms with Gasteiger partial charge in [-0.25, -0.2) is 0 Å². The minimum Gasteiger partial charge on any atom is -0.382 e. The number of amides is 1.